The molecule has 0 radical (unpaired) electrons. The number of hydrogen-bond acceptors (Lipinski definition) is 3. The highest BCUT2D eigenvalue weighted by atomic mass is 32.2. The van der Waals surface area contributed by atoms with Crippen molar-refractivity contribution in [3.63, 3.8) is 0 Å². The molecule has 0 saturated carbocycles. The number of para-hydroxylation sites is 1. The minimum atomic E-state index is -0.540. The fourth-order valence-corrected chi connectivity index (χ4v) is 3.68. The predicted octanol–water partition coefficient (Wildman–Crippen LogP) is 4.93. The van der Waals surface area contributed by atoms with Crippen molar-refractivity contribution in [3.05, 3.63) is 83.4 Å². The highest BCUT2D eigenvalue weighted by Gasteiger charge is 2.22. The van der Waals surface area contributed by atoms with Crippen LogP contribution >= 0.6 is 11.8 Å². The zero-order chi connectivity index (χ0) is 19.0. The van der Waals surface area contributed by atoms with E-state index < -0.39 is 23.4 Å². The van der Waals surface area contributed by atoms with Crippen LogP contribution in [-0.4, -0.2) is 11.8 Å². The maximum atomic E-state index is 13.7. The molecule has 0 aliphatic carbocycles. The van der Waals surface area contributed by atoms with Crippen molar-refractivity contribution in [1.29, 1.82) is 0 Å². The molecular weight excluding hydrogens is 370 g/mol. The summed E-state index contributed by atoms with van der Waals surface area (Å²) in [7, 11) is 0. The quantitative estimate of drug-likeness (QED) is 0.660. The van der Waals surface area contributed by atoms with Crippen LogP contribution in [0.5, 0.6) is 0 Å². The van der Waals surface area contributed by atoms with Gasteiger partial charge in [-0.1, -0.05) is 23.9 Å². The van der Waals surface area contributed by atoms with Crippen LogP contribution < -0.4 is 10.6 Å². The van der Waals surface area contributed by atoms with E-state index in [2.05, 4.69) is 10.6 Å². The van der Waals surface area contributed by atoms with Crippen molar-refractivity contribution in [2.24, 2.45) is 0 Å². The fourth-order valence-electron chi connectivity index (χ4n) is 2.69. The van der Waals surface area contributed by atoms with E-state index in [0.29, 0.717) is 10.6 Å². The number of anilines is 2. The van der Waals surface area contributed by atoms with Gasteiger partial charge in [-0.05, 0) is 48.5 Å². The standard InChI is InChI=1S/C20H12F2N2O2S/c21-12-6-8-17-13(10-12)20(26)24-16-9-11(5-7-18(16)27-17)19(25)23-15-4-2-1-3-14(15)22/h1-10H,(H,23,25)(H,24,26). The highest BCUT2D eigenvalue weighted by Crippen LogP contribution is 2.39. The van der Waals surface area contributed by atoms with E-state index in [-0.39, 0.29) is 16.8 Å². The molecule has 3 aromatic rings. The van der Waals surface area contributed by atoms with E-state index >= 15 is 0 Å². The van der Waals surface area contributed by atoms with Gasteiger partial charge in [-0.2, -0.15) is 0 Å². The molecule has 7 heteroatoms. The molecule has 2 N–H and O–H groups in total. The number of benzene rings is 3. The molecule has 0 fully saturated rings. The zero-order valence-corrected chi connectivity index (χ0v) is 14.6. The van der Waals surface area contributed by atoms with Crippen molar-refractivity contribution < 1.29 is 18.4 Å². The van der Waals surface area contributed by atoms with Gasteiger partial charge in [0.2, 0.25) is 0 Å². The molecule has 0 bridgehead atoms. The molecule has 4 nitrogen and oxygen atoms in total. The third-order valence-corrected chi connectivity index (χ3v) is 5.17. The molecule has 27 heavy (non-hydrogen) atoms. The summed E-state index contributed by atoms with van der Waals surface area (Å²) in [5.74, 6) is -2.00. The average molecular weight is 382 g/mol. The highest BCUT2D eigenvalue weighted by molar-refractivity contribution is 7.99. The number of carbonyl (C=O) groups is 2. The summed E-state index contributed by atoms with van der Waals surface area (Å²) in [5, 5.41) is 5.20. The Kier molecular flexibility index (Phi) is 4.37. The first-order valence-corrected chi connectivity index (χ1v) is 8.81. The summed E-state index contributed by atoms with van der Waals surface area (Å²) in [4.78, 5) is 26.2. The summed E-state index contributed by atoms with van der Waals surface area (Å²) in [6, 6.07) is 14.7. The van der Waals surface area contributed by atoms with Gasteiger partial charge in [-0.15, -0.1) is 0 Å². The van der Waals surface area contributed by atoms with Crippen LogP contribution in [0.4, 0.5) is 20.2 Å². The Morgan fingerprint density at radius 1 is 0.963 bits per heavy atom. The lowest BCUT2D eigenvalue weighted by Crippen LogP contribution is -2.15. The first kappa shape index (κ1) is 17.2. The van der Waals surface area contributed by atoms with E-state index in [1.807, 2.05) is 0 Å². The second kappa shape index (κ2) is 6.85. The monoisotopic (exact) mass is 382 g/mol. The van der Waals surface area contributed by atoms with E-state index in [4.69, 9.17) is 0 Å². The summed E-state index contributed by atoms with van der Waals surface area (Å²) in [6.07, 6.45) is 0. The molecule has 4 rings (SSSR count). The number of fused-ring (bicyclic) bond motifs is 2. The summed E-state index contributed by atoms with van der Waals surface area (Å²) in [6.45, 7) is 0. The molecule has 0 saturated heterocycles. The Bertz CT molecular complexity index is 1090. The number of hydrogen-bond donors (Lipinski definition) is 2. The van der Waals surface area contributed by atoms with Gasteiger partial charge in [0.1, 0.15) is 11.6 Å². The van der Waals surface area contributed by atoms with Crippen LogP contribution in [-0.2, 0) is 0 Å². The Labute approximate surface area is 157 Å². The molecule has 0 aromatic heterocycles. The normalized spacial score (nSPS) is 12.4. The number of nitrogens with one attached hydrogen (secondary N) is 2. The van der Waals surface area contributed by atoms with Crippen molar-refractivity contribution in [1.82, 2.24) is 0 Å². The minimum Gasteiger partial charge on any atom is -0.321 e. The molecule has 1 aliphatic heterocycles. The molecular formula is C20H12F2N2O2S. The summed E-state index contributed by atoms with van der Waals surface area (Å²) < 4.78 is 27.2. The smallest absolute Gasteiger partial charge is 0.256 e. The third kappa shape index (κ3) is 3.41. The Morgan fingerprint density at radius 2 is 1.74 bits per heavy atom. The first-order valence-electron chi connectivity index (χ1n) is 8.00. The lowest BCUT2D eigenvalue weighted by molar-refractivity contribution is 0.101. The predicted molar refractivity (Wildman–Crippen MR) is 99.3 cm³/mol. The van der Waals surface area contributed by atoms with Crippen LogP contribution in [0.15, 0.2) is 70.5 Å². The van der Waals surface area contributed by atoms with Crippen LogP contribution in [0, 0.1) is 11.6 Å². The third-order valence-electron chi connectivity index (χ3n) is 4.02. The van der Waals surface area contributed by atoms with E-state index in [9.17, 15) is 18.4 Å². The van der Waals surface area contributed by atoms with Gasteiger partial charge in [-0.3, -0.25) is 9.59 Å². The SMILES string of the molecule is O=C(Nc1ccccc1F)c1ccc2c(c1)NC(=O)c1cc(F)ccc1S2. The average Bonchev–Trinajstić information content (AvgIpc) is 2.79. The number of carbonyl (C=O) groups excluding carboxylic acids is 2. The van der Waals surface area contributed by atoms with E-state index in [0.717, 1.165) is 4.90 Å². The minimum absolute atomic E-state index is 0.0683. The van der Waals surface area contributed by atoms with E-state index in [1.165, 1.54) is 48.2 Å². The van der Waals surface area contributed by atoms with Crippen LogP contribution in [0.2, 0.25) is 0 Å². The molecule has 0 unspecified atom stereocenters. The first-order chi connectivity index (χ1) is 13.0. The maximum absolute atomic E-state index is 13.7. The van der Waals surface area contributed by atoms with Gasteiger partial charge in [0.05, 0.1) is 16.9 Å². The lowest BCUT2D eigenvalue weighted by atomic mass is 10.1. The summed E-state index contributed by atoms with van der Waals surface area (Å²) >= 11 is 1.30. The van der Waals surface area contributed by atoms with Gasteiger partial charge in [0, 0.05) is 15.4 Å². The molecule has 3 aromatic carbocycles. The molecule has 2 amide bonds. The molecule has 1 heterocycles. The topological polar surface area (TPSA) is 58.2 Å². The van der Waals surface area contributed by atoms with Gasteiger partial charge in [0.25, 0.3) is 11.8 Å². The van der Waals surface area contributed by atoms with Crippen LogP contribution in [0.25, 0.3) is 0 Å². The van der Waals surface area contributed by atoms with Gasteiger partial charge in [0.15, 0.2) is 0 Å². The van der Waals surface area contributed by atoms with Gasteiger partial charge >= 0.3 is 0 Å². The van der Waals surface area contributed by atoms with Crippen molar-refractivity contribution in [3.8, 4) is 0 Å². The number of halogens is 2. The van der Waals surface area contributed by atoms with Crippen molar-refractivity contribution >= 4 is 35.0 Å². The number of rotatable bonds is 2. The fraction of sp³-hybridized carbons (Fsp3) is 0. The van der Waals surface area contributed by atoms with Crippen molar-refractivity contribution in [2.75, 3.05) is 10.6 Å². The maximum Gasteiger partial charge on any atom is 0.256 e. The zero-order valence-electron chi connectivity index (χ0n) is 13.8. The van der Waals surface area contributed by atoms with Crippen molar-refractivity contribution in [2.45, 2.75) is 9.79 Å². The Hall–Kier alpha value is -3.19. The Balaban J connectivity index is 1.64. The molecule has 1 aliphatic rings. The van der Waals surface area contributed by atoms with Gasteiger partial charge in [-0.25, -0.2) is 8.78 Å². The van der Waals surface area contributed by atoms with Crippen LogP contribution in [0.1, 0.15) is 20.7 Å². The molecule has 0 spiro atoms. The van der Waals surface area contributed by atoms with E-state index in [1.54, 1.807) is 24.3 Å². The van der Waals surface area contributed by atoms with Gasteiger partial charge < -0.3 is 10.6 Å². The second-order valence-electron chi connectivity index (χ2n) is 5.84. The second-order valence-corrected chi connectivity index (χ2v) is 6.93. The lowest BCUT2D eigenvalue weighted by Gasteiger charge is -2.10. The molecule has 134 valence electrons. The largest absolute Gasteiger partial charge is 0.321 e. The van der Waals surface area contributed by atoms with Crippen LogP contribution in [0.3, 0.4) is 0 Å². The Morgan fingerprint density at radius 3 is 2.56 bits per heavy atom. The summed E-state index contributed by atoms with van der Waals surface area (Å²) in [5.41, 5.74) is 0.991. The molecule has 0 atom stereocenters. The number of amides is 2.